The van der Waals surface area contributed by atoms with Crippen LogP contribution in [-0.4, -0.2) is 0 Å². The van der Waals surface area contributed by atoms with Crippen LogP contribution < -0.4 is 0 Å². The van der Waals surface area contributed by atoms with Crippen LogP contribution in [0, 0.1) is 0 Å². The van der Waals surface area contributed by atoms with E-state index in [2.05, 4.69) is 135 Å². The molecule has 0 aliphatic heterocycles. The van der Waals surface area contributed by atoms with Crippen molar-refractivity contribution in [2.75, 3.05) is 0 Å². The van der Waals surface area contributed by atoms with Crippen molar-refractivity contribution in [1.29, 1.82) is 0 Å². The largest absolute Gasteiger partial charge is 0.0616 e. The molecule has 0 fully saturated rings. The SMILES string of the molecule is CC1(C)c2cc(-c3cccc4ccccc34)ccc2-c2ccc(-c3cccc4ccccc34)cc21. The zero-order chi connectivity index (χ0) is 23.6. The number of hydrogen-bond acceptors (Lipinski definition) is 0. The standard InChI is InChI=1S/C35H26/c1-35(2)33-21-25(29-15-7-11-23-9-3-5-13-27(23)29)17-19-31(33)32-20-18-26(22-34(32)35)30-16-8-12-24-10-4-6-14-28(24)30/h3-22H,1-2H3. The molecule has 35 heavy (non-hydrogen) atoms. The maximum atomic E-state index is 2.43. The fourth-order valence-electron chi connectivity index (χ4n) is 6.03. The molecule has 0 heterocycles. The monoisotopic (exact) mass is 446 g/mol. The average molecular weight is 447 g/mol. The Morgan fingerprint density at radius 1 is 0.400 bits per heavy atom. The Bertz CT molecular complexity index is 1630. The van der Waals surface area contributed by atoms with Gasteiger partial charge in [0, 0.05) is 5.41 Å². The van der Waals surface area contributed by atoms with Gasteiger partial charge in [0.25, 0.3) is 0 Å². The Kier molecular flexibility index (Phi) is 4.29. The minimum absolute atomic E-state index is 0.0636. The van der Waals surface area contributed by atoms with Crippen LogP contribution in [-0.2, 0) is 5.41 Å². The molecule has 0 N–H and O–H groups in total. The maximum absolute atomic E-state index is 2.43. The highest BCUT2D eigenvalue weighted by atomic mass is 14.4. The van der Waals surface area contributed by atoms with Crippen molar-refractivity contribution < 1.29 is 0 Å². The van der Waals surface area contributed by atoms with E-state index in [0.717, 1.165) is 0 Å². The Balaban J connectivity index is 1.38. The van der Waals surface area contributed by atoms with Gasteiger partial charge in [-0.25, -0.2) is 0 Å². The van der Waals surface area contributed by atoms with Crippen LogP contribution in [0.15, 0.2) is 121 Å². The van der Waals surface area contributed by atoms with E-state index in [4.69, 9.17) is 0 Å². The van der Waals surface area contributed by atoms with Gasteiger partial charge in [-0.05, 0) is 78.2 Å². The normalized spacial score (nSPS) is 13.7. The van der Waals surface area contributed by atoms with Crippen LogP contribution in [0.4, 0.5) is 0 Å². The van der Waals surface area contributed by atoms with E-state index in [0.29, 0.717) is 0 Å². The van der Waals surface area contributed by atoms with Crippen LogP contribution in [0.25, 0.3) is 54.9 Å². The summed E-state index contributed by atoms with van der Waals surface area (Å²) in [5, 5.41) is 5.18. The van der Waals surface area contributed by atoms with Gasteiger partial charge in [-0.2, -0.15) is 0 Å². The lowest BCUT2D eigenvalue weighted by atomic mass is 9.80. The summed E-state index contributed by atoms with van der Waals surface area (Å²) in [6, 6.07) is 44.7. The predicted molar refractivity (Wildman–Crippen MR) is 150 cm³/mol. The summed E-state index contributed by atoms with van der Waals surface area (Å²) < 4.78 is 0. The van der Waals surface area contributed by atoms with Gasteiger partial charge >= 0.3 is 0 Å². The molecule has 0 amide bonds. The summed E-state index contributed by atoms with van der Waals surface area (Å²) in [7, 11) is 0. The molecule has 0 atom stereocenters. The van der Waals surface area contributed by atoms with Crippen LogP contribution in [0.1, 0.15) is 25.0 Å². The van der Waals surface area contributed by atoms with Gasteiger partial charge in [-0.3, -0.25) is 0 Å². The van der Waals surface area contributed by atoms with Crippen LogP contribution >= 0.6 is 0 Å². The highest BCUT2D eigenvalue weighted by molar-refractivity contribution is 5.99. The minimum Gasteiger partial charge on any atom is -0.0616 e. The van der Waals surface area contributed by atoms with E-state index < -0.39 is 0 Å². The van der Waals surface area contributed by atoms with Crippen molar-refractivity contribution in [2.24, 2.45) is 0 Å². The van der Waals surface area contributed by atoms with Crippen LogP contribution in [0.3, 0.4) is 0 Å². The molecule has 7 rings (SSSR count). The van der Waals surface area contributed by atoms with Crippen molar-refractivity contribution in [3.05, 3.63) is 132 Å². The minimum atomic E-state index is -0.0636. The van der Waals surface area contributed by atoms with Crippen molar-refractivity contribution in [2.45, 2.75) is 19.3 Å². The second-order valence-corrected chi connectivity index (χ2v) is 10.2. The highest BCUT2D eigenvalue weighted by Crippen LogP contribution is 2.51. The third-order valence-electron chi connectivity index (χ3n) is 7.88. The van der Waals surface area contributed by atoms with Gasteiger partial charge in [-0.1, -0.05) is 123 Å². The molecule has 0 radical (unpaired) electrons. The number of rotatable bonds is 2. The van der Waals surface area contributed by atoms with Gasteiger partial charge in [0.2, 0.25) is 0 Å². The van der Waals surface area contributed by atoms with Crippen molar-refractivity contribution in [3.8, 4) is 33.4 Å². The third-order valence-corrected chi connectivity index (χ3v) is 7.88. The second-order valence-electron chi connectivity index (χ2n) is 10.2. The third kappa shape index (κ3) is 3.00. The summed E-state index contributed by atoms with van der Waals surface area (Å²) in [4.78, 5) is 0. The average Bonchev–Trinajstić information content (AvgIpc) is 3.13. The molecule has 6 aromatic carbocycles. The van der Waals surface area contributed by atoms with E-state index in [-0.39, 0.29) is 5.41 Å². The van der Waals surface area contributed by atoms with Gasteiger partial charge in [0.05, 0.1) is 0 Å². The van der Waals surface area contributed by atoms with Crippen LogP contribution in [0.5, 0.6) is 0 Å². The molecule has 166 valence electrons. The second kappa shape index (κ2) is 7.42. The zero-order valence-electron chi connectivity index (χ0n) is 20.0. The molecule has 0 spiro atoms. The van der Waals surface area contributed by atoms with Crippen LogP contribution in [0.2, 0.25) is 0 Å². The van der Waals surface area contributed by atoms with Gasteiger partial charge in [0.1, 0.15) is 0 Å². The highest BCUT2D eigenvalue weighted by Gasteiger charge is 2.36. The molecule has 0 nitrogen and oxygen atoms in total. The molecule has 0 saturated heterocycles. The predicted octanol–water partition coefficient (Wildman–Crippen LogP) is 9.63. The quantitative estimate of drug-likeness (QED) is 0.248. The number of fused-ring (bicyclic) bond motifs is 5. The number of benzene rings is 6. The van der Waals surface area contributed by atoms with E-state index in [9.17, 15) is 0 Å². The molecule has 0 heteroatoms. The zero-order valence-corrected chi connectivity index (χ0v) is 20.0. The first-order valence-electron chi connectivity index (χ1n) is 12.4. The molecule has 0 saturated carbocycles. The maximum Gasteiger partial charge on any atom is 0.0159 e. The summed E-state index contributed by atoms with van der Waals surface area (Å²) in [6.07, 6.45) is 0. The Morgan fingerprint density at radius 2 is 0.829 bits per heavy atom. The lowest BCUT2D eigenvalue weighted by Crippen LogP contribution is -2.15. The first-order valence-corrected chi connectivity index (χ1v) is 12.4. The smallest absolute Gasteiger partial charge is 0.0159 e. The Hall–Kier alpha value is -4.16. The molecule has 6 aromatic rings. The topological polar surface area (TPSA) is 0 Å². The van der Waals surface area contributed by atoms with Gasteiger partial charge in [-0.15, -0.1) is 0 Å². The van der Waals surface area contributed by atoms with E-state index in [1.807, 2.05) is 0 Å². The van der Waals surface area contributed by atoms with E-state index in [1.165, 1.54) is 66.1 Å². The van der Waals surface area contributed by atoms with Gasteiger partial charge < -0.3 is 0 Å². The lowest BCUT2D eigenvalue weighted by Gasteiger charge is -2.23. The molecule has 1 aliphatic rings. The fraction of sp³-hybridized carbons (Fsp3) is 0.0857. The Labute approximate surface area is 206 Å². The molecular formula is C35H26. The van der Waals surface area contributed by atoms with Gasteiger partial charge in [0.15, 0.2) is 0 Å². The summed E-state index contributed by atoms with van der Waals surface area (Å²) in [5.41, 5.74) is 10.7. The molecule has 0 bridgehead atoms. The van der Waals surface area contributed by atoms with Crippen molar-refractivity contribution in [1.82, 2.24) is 0 Å². The fourth-order valence-corrected chi connectivity index (χ4v) is 6.03. The summed E-state index contributed by atoms with van der Waals surface area (Å²) >= 11 is 0. The van der Waals surface area contributed by atoms with Crippen molar-refractivity contribution >= 4 is 21.5 Å². The summed E-state index contributed by atoms with van der Waals surface area (Å²) in [5.74, 6) is 0. The summed E-state index contributed by atoms with van der Waals surface area (Å²) in [6.45, 7) is 4.74. The molecule has 0 unspecified atom stereocenters. The van der Waals surface area contributed by atoms with E-state index in [1.54, 1.807) is 0 Å². The molecular weight excluding hydrogens is 420 g/mol. The number of hydrogen-bond donors (Lipinski definition) is 0. The Morgan fingerprint density at radius 3 is 1.31 bits per heavy atom. The lowest BCUT2D eigenvalue weighted by molar-refractivity contribution is 0.661. The molecule has 0 aromatic heterocycles. The molecule has 1 aliphatic carbocycles. The van der Waals surface area contributed by atoms with E-state index >= 15 is 0 Å². The first kappa shape index (κ1) is 20.2. The first-order chi connectivity index (χ1) is 17.1. The van der Waals surface area contributed by atoms with Crippen molar-refractivity contribution in [3.63, 3.8) is 0 Å².